The lowest BCUT2D eigenvalue weighted by Gasteiger charge is -2.38. The molecule has 1 aliphatic rings. The summed E-state index contributed by atoms with van der Waals surface area (Å²) in [5.41, 5.74) is 8.18. The standard InChI is InChI=1S/C49H73N7/c1-37-31-34-56(36-37)41(5)48(49(7,8)9)53-39(3)21-19-17-15-13-11-10-12-14-16-18-20-32-50-38(2)22-23-40(4)52-44-26-28-45(29-27-44)54-42(6)55-46-25-24-43-30-33-51-47(43)35-46/h22-30,33,35,37,48,50-55H,2-6,10-21,31-32,34,36H2,1,7-9H3/b23-22+/t37?,48-/m1/s1. The van der Waals surface area contributed by atoms with Crippen molar-refractivity contribution >= 4 is 28.0 Å². The van der Waals surface area contributed by atoms with E-state index >= 15 is 0 Å². The van der Waals surface area contributed by atoms with Crippen molar-refractivity contribution in [2.45, 2.75) is 117 Å². The minimum atomic E-state index is 0.107. The summed E-state index contributed by atoms with van der Waals surface area (Å²) in [5.74, 6) is 1.46. The largest absolute Gasteiger partial charge is 0.386 e. The van der Waals surface area contributed by atoms with E-state index < -0.39 is 0 Å². The first-order valence-electron chi connectivity index (χ1n) is 21.2. The van der Waals surface area contributed by atoms with E-state index in [1.165, 1.54) is 93.8 Å². The van der Waals surface area contributed by atoms with Crippen molar-refractivity contribution in [1.82, 2.24) is 20.5 Å². The van der Waals surface area contributed by atoms with Crippen molar-refractivity contribution in [3.63, 3.8) is 0 Å². The molecule has 7 nitrogen and oxygen atoms in total. The first-order valence-corrected chi connectivity index (χ1v) is 21.2. The van der Waals surface area contributed by atoms with Crippen LogP contribution in [0.2, 0.25) is 0 Å². The number of nitrogens with zero attached hydrogens (tertiary/aromatic N) is 1. The highest BCUT2D eigenvalue weighted by Crippen LogP contribution is 2.31. The molecule has 2 atom stereocenters. The van der Waals surface area contributed by atoms with Crippen molar-refractivity contribution in [2.75, 3.05) is 35.6 Å². The summed E-state index contributed by atoms with van der Waals surface area (Å²) in [6.45, 7) is 33.8. The monoisotopic (exact) mass is 760 g/mol. The molecule has 1 saturated heterocycles. The van der Waals surface area contributed by atoms with Gasteiger partial charge in [0.15, 0.2) is 0 Å². The van der Waals surface area contributed by atoms with E-state index in [9.17, 15) is 0 Å². The smallest absolute Gasteiger partial charge is 0.100 e. The number of likely N-dealkylation sites (tertiary alicyclic amines) is 1. The predicted octanol–water partition coefficient (Wildman–Crippen LogP) is 12.8. The van der Waals surface area contributed by atoms with Gasteiger partial charge in [-0.15, -0.1) is 0 Å². The maximum atomic E-state index is 4.51. The van der Waals surface area contributed by atoms with Crippen molar-refractivity contribution in [3.8, 4) is 0 Å². The van der Waals surface area contributed by atoms with Crippen LogP contribution in [0.4, 0.5) is 17.1 Å². The number of unbranched alkanes of at least 4 members (excludes halogenated alkanes) is 10. The molecule has 1 aromatic heterocycles. The fraction of sp³-hybridized carbons (Fsp3) is 0.469. The molecule has 0 radical (unpaired) electrons. The highest BCUT2D eigenvalue weighted by Gasteiger charge is 2.32. The van der Waals surface area contributed by atoms with E-state index in [0.717, 1.165) is 65.9 Å². The number of anilines is 3. The van der Waals surface area contributed by atoms with Gasteiger partial charge >= 0.3 is 0 Å². The number of rotatable bonds is 27. The second-order valence-corrected chi connectivity index (χ2v) is 17.0. The molecule has 0 spiro atoms. The molecule has 0 amide bonds. The molecule has 1 aliphatic heterocycles. The van der Waals surface area contributed by atoms with E-state index in [4.69, 9.17) is 0 Å². The van der Waals surface area contributed by atoms with Crippen LogP contribution >= 0.6 is 0 Å². The molecule has 1 fully saturated rings. The zero-order valence-electron chi connectivity index (χ0n) is 35.3. The average molecular weight is 760 g/mol. The minimum Gasteiger partial charge on any atom is -0.386 e. The molecule has 4 rings (SSSR count). The molecule has 6 N–H and O–H groups in total. The van der Waals surface area contributed by atoms with Gasteiger partial charge in [-0.3, -0.25) is 0 Å². The Kier molecular flexibility index (Phi) is 17.8. The number of aromatic amines is 1. The van der Waals surface area contributed by atoms with Gasteiger partial charge < -0.3 is 36.5 Å². The summed E-state index contributed by atoms with van der Waals surface area (Å²) >= 11 is 0. The Morgan fingerprint density at radius 3 is 1.95 bits per heavy atom. The number of aromatic nitrogens is 1. The van der Waals surface area contributed by atoms with Gasteiger partial charge in [0.25, 0.3) is 0 Å². The van der Waals surface area contributed by atoms with Crippen molar-refractivity contribution in [1.29, 1.82) is 0 Å². The lowest BCUT2D eigenvalue weighted by molar-refractivity contribution is 0.256. The molecule has 0 bridgehead atoms. The highest BCUT2D eigenvalue weighted by atomic mass is 15.2. The van der Waals surface area contributed by atoms with Crippen LogP contribution in [0.15, 0.2) is 128 Å². The second kappa shape index (κ2) is 22.7. The van der Waals surface area contributed by atoms with E-state index in [1.54, 1.807) is 0 Å². The molecule has 304 valence electrons. The molecule has 3 aromatic rings. The molecule has 56 heavy (non-hydrogen) atoms. The normalized spacial score (nSPS) is 14.8. The molecule has 0 aliphatic carbocycles. The van der Waals surface area contributed by atoms with Gasteiger partial charge in [-0.1, -0.05) is 124 Å². The first-order chi connectivity index (χ1) is 26.9. The molecule has 1 unspecified atom stereocenters. The highest BCUT2D eigenvalue weighted by molar-refractivity contribution is 5.83. The zero-order valence-corrected chi connectivity index (χ0v) is 35.3. The number of allylic oxidation sites excluding steroid dienone is 3. The van der Waals surface area contributed by atoms with Gasteiger partial charge in [-0.25, -0.2) is 0 Å². The Balaban J connectivity index is 0.949. The average Bonchev–Trinajstić information content (AvgIpc) is 3.82. The third-order valence-corrected chi connectivity index (χ3v) is 10.7. The van der Waals surface area contributed by atoms with Crippen LogP contribution in [-0.4, -0.2) is 35.6 Å². The predicted molar refractivity (Wildman–Crippen MR) is 246 cm³/mol. The van der Waals surface area contributed by atoms with Gasteiger partial charge in [0, 0.05) is 71.2 Å². The van der Waals surface area contributed by atoms with E-state index in [0.29, 0.717) is 5.82 Å². The van der Waals surface area contributed by atoms with Crippen LogP contribution in [0.1, 0.15) is 111 Å². The Bertz CT molecular complexity index is 1740. The Morgan fingerprint density at radius 1 is 0.750 bits per heavy atom. The fourth-order valence-corrected chi connectivity index (χ4v) is 7.39. The van der Waals surface area contributed by atoms with E-state index in [-0.39, 0.29) is 11.5 Å². The quantitative estimate of drug-likeness (QED) is 0.0343. The lowest BCUT2D eigenvalue weighted by Crippen LogP contribution is -2.45. The van der Waals surface area contributed by atoms with Crippen molar-refractivity contribution in [3.05, 3.63) is 128 Å². The molecular weight excluding hydrogens is 687 g/mol. The summed E-state index contributed by atoms with van der Waals surface area (Å²) in [6.07, 6.45) is 22.5. The summed E-state index contributed by atoms with van der Waals surface area (Å²) in [4.78, 5) is 5.72. The van der Waals surface area contributed by atoms with Crippen LogP contribution < -0.4 is 26.6 Å². The number of hydrogen-bond acceptors (Lipinski definition) is 6. The van der Waals surface area contributed by atoms with Gasteiger partial charge in [0.05, 0.1) is 6.04 Å². The van der Waals surface area contributed by atoms with Gasteiger partial charge in [0.1, 0.15) is 5.82 Å². The summed E-state index contributed by atoms with van der Waals surface area (Å²) in [6, 6.07) is 16.5. The third-order valence-electron chi connectivity index (χ3n) is 10.7. The van der Waals surface area contributed by atoms with Crippen LogP contribution in [0.25, 0.3) is 10.9 Å². The maximum Gasteiger partial charge on any atom is 0.100 e. The molecule has 2 aromatic carbocycles. The topological polar surface area (TPSA) is 79.2 Å². The van der Waals surface area contributed by atoms with Gasteiger partial charge in [0.2, 0.25) is 0 Å². The van der Waals surface area contributed by atoms with Crippen molar-refractivity contribution < 1.29 is 0 Å². The first kappa shape index (κ1) is 43.9. The molecular formula is C49H73N7. The van der Waals surface area contributed by atoms with E-state index in [2.05, 4.69) is 115 Å². The third kappa shape index (κ3) is 15.8. The second-order valence-electron chi connectivity index (χ2n) is 17.0. The Hall–Kier alpha value is -4.78. The number of hydrogen-bond donors (Lipinski definition) is 6. The maximum absolute atomic E-state index is 4.51. The van der Waals surface area contributed by atoms with Crippen LogP contribution in [-0.2, 0) is 0 Å². The Labute approximate surface area is 340 Å². The molecule has 0 saturated carbocycles. The number of nitrogens with one attached hydrogen (secondary N) is 6. The minimum absolute atomic E-state index is 0.107. The van der Waals surface area contributed by atoms with Crippen molar-refractivity contribution in [2.24, 2.45) is 11.3 Å². The summed E-state index contributed by atoms with van der Waals surface area (Å²) in [7, 11) is 0. The van der Waals surface area contributed by atoms with Crippen LogP contribution in [0.5, 0.6) is 0 Å². The van der Waals surface area contributed by atoms with Crippen LogP contribution in [0, 0.1) is 11.3 Å². The molecule has 2 heterocycles. The molecule has 7 heteroatoms. The summed E-state index contributed by atoms with van der Waals surface area (Å²) < 4.78 is 0. The SMILES string of the molecule is C=C(/C=C/C(=C)Nc1ccc(NC(=C)Nc2ccc3cc[nH]c3c2)cc1)NCCCCCCCCCCCCCC(=C)N[C@H](C(=C)N1CCC(C)C1)C(C)(C)C. The number of H-pyrrole nitrogens is 1. The van der Waals surface area contributed by atoms with Gasteiger partial charge in [-0.05, 0) is 97.0 Å². The van der Waals surface area contributed by atoms with Gasteiger partial charge in [-0.2, -0.15) is 0 Å². The summed E-state index contributed by atoms with van der Waals surface area (Å²) in [5, 5.41) is 18.4. The lowest BCUT2D eigenvalue weighted by atomic mass is 9.84. The van der Waals surface area contributed by atoms with Crippen LogP contribution in [0.3, 0.4) is 0 Å². The Morgan fingerprint density at radius 2 is 1.32 bits per heavy atom. The fourth-order valence-electron chi connectivity index (χ4n) is 7.39. The zero-order chi connectivity index (χ0) is 40.3. The van der Waals surface area contributed by atoms with E-state index in [1.807, 2.05) is 48.7 Å². The number of fused-ring (bicyclic) bond motifs is 1. The number of benzene rings is 2.